The highest BCUT2D eigenvalue weighted by molar-refractivity contribution is 6.04. The molecule has 0 aliphatic heterocycles. The third-order valence-corrected chi connectivity index (χ3v) is 5.93. The number of aromatic nitrogens is 4. The number of H-pyrrole nitrogens is 1. The molecule has 0 unspecified atom stereocenters. The molecule has 2 aromatic heterocycles. The van der Waals surface area contributed by atoms with Crippen molar-refractivity contribution in [2.75, 3.05) is 17.2 Å². The Morgan fingerprint density at radius 3 is 2.47 bits per heavy atom. The van der Waals surface area contributed by atoms with Crippen LogP contribution in [-0.4, -0.2) is 32.2 Å². The maximum atomic E-state index is 13.2. The number of benzene rings is 3. The number of unbranched alkanes of at least 4 members (excludes halogenated alkanes) is 1. The molecule has 0 radical (unpaired) electrons. The van der Waals surface area contributed by atoms with E-state index in [4.69, 9.17) is 4.98 Å². The van der Waals surface area contributed by atoms with Crippen molar-refractivity contribution in [3.8, 4) is 16.8 Å². The number of nitrogens with zero attached hydrogens (tertiary/aromatic N) is 3. The van der Waals surface area contributed by atoms with Crippen LogP contribution in [0.3, 0.4) is 0 Å². The van der Waals surface area contributed by atoms with Gasteiger partial charge >= 0.3 is 0 Å². The van der Waals surface area contributed by atoms with Crippen LogP contribution in [0.25, 0.3) is 16.8 Å². The number of para-hydroxylation sites is 2. The van der Waals surface area contributed by atoms with Gasteiger partial charge in [0.25, 0.3) is 5.91 Å². The van der Waals surface area contributed by atoms with Crippen molar-refractivity contribution in [2.45, 2.75) is 19.3 Å². The summed E-state index contributed by atoms with van der Waals surface area (Å²) in [5, 5.41) is 13.3. The second-order valence-corrected chi connectivity index (χ2v) is 8.53. The summed E-state index contributed by atoms with van der Waals surface area (Å²) >= 11 is 0. The molecule has 0 atom stereocenters. The standard InChI is InChI=1S/C29H28N6O/c36-28(23-11-9-10-22(18-23)24-19-31-32-20-24)34-29-33-26(21-35(29)27-15-5-2-6-16-27)14-7-8-17-30-25-12-3-1-4-13-25/h1-6,9-13,15-16,18-21,30H,7-8,14,17H2,(H,31,32)(H,33,34,36). The summed E-state index contributed by atoms with van der Waals surface area (Å²) in [5.41, 5.74) is 5.44. The first-order chi connectivity index (χ1) is 17.8. The van der Waals surface area contributed by atoms with E-state index in [0.717, 1.165) is 54.0 Å². The number of rotatable bonds is 10. The Kier molecular flexibility index (Phi) is 7.18. The van der Waals surface area contributed by atoms with Gasteiger partial charge in [0.2, 0.25) is 5.95 Å². The molecule has 0 bridgehead atoms. The zero-order chi connectivity index (χ0) is 24.6. The smallest absolute Gasteiger partial charge is 0.258 e. The predicted molar refractivity (Wildman–Crippen MR) is 143 cm³/mol. The number of aryl methyl sites for hydroxylation is 1. The van der Waals surface area contributed by atoms with E-state index in [1.807, 2.05) is 77.5 Å². The first kappa shape index (κ1) is 23.1. The quantitative estimate of drug-likeness (QED) is 0.217. The minimum absolute atomic E-state index is 0.207. The highest BCUT2D eigenvalue weighted by Gasteiger charge is 2.15. The number of nitrogens with one attached hydrogen (secondary N) is 3. The summed E-state index contributed by atoms with van der Waals surface area (Å²) in [6.07, 6.45) is 8.40. The predicted octanol–water partition coefficient (Wildman–Crippen LogP) is 5.95. The summed E-state index contributed by atoms with van der Waals surface area (Å²) in [6.45, 7) is 0.903. The Labute approximate surface area is 210 Å². The first-order valence-electron chi connectivity index (χ1n) is 12.1. The number of amides is 1. The lowest BCUT2D eigenvalue weighted by atomic mass is 10.1. The van der Waals surface area contributed by atoms with Crippen LogP contribution >= 0.6 is 0 Å². The van der Waals surface area contributed by atoms with Gasteiger partial charge in [-0.15, -0.1) is 0 Å². The van der Waals surface area contributed by atoms with Gasteiger partial charge in [-0.05, 0) is 61.2 Å². The summed E-state index contributed by atoms with van der Waals surface area (Å²) in [6, 6.07) is 27.6. The van der Waals surface area contributed by atoms with E-state index in [0.29, 0.717) is 11.5 Å². The first-order valence-corrected chi connectivity index (χ1v) is 12.1. The molecule has 0 saturated carbocycles. The summed E-state index contributed by atoms with van der Waals surface area (Å²) in [5.74, 6) is 0.305. The second kappa shape index (κ2) is 11.2. The summed E-state index contributed by atoms with van der Waals surface area (Å²) in [7, 11) is 0. The third-order valence-electron chi connectivity index (χ3n) is 5.93. The molecule has 3 aromatic carbocycles. The normalized spacial score (nSPS) is 10.8. The van der Waals surface area contributed by atoms with E-state index in [2.05, 4.69) is 33.0 Å². The summed E-state index contributed by atoms with van der Waals surface area (Å²) in [4.78, 5) is 17.9. The molecular weight excluding hydrogens is 448 g/mol. The number of carbonyl (C=O) groups excluding carboxylic acids is 1. The minimum Gasteiger partial charge on any atom is -0.385 e. The van der Waals surface area contributed by atoms with Crippen molar-refractivity contribution in [1.29, 1.82) is 0 Å². The van der Waals surface area contributed by atoms with Gasteiger partial charge in [0.1, 0.15) is 0 Å². The molecule has 36 heavy (non-hydrogen) atoms. The largest absolute Gasteiger partial charge is 0.385 e. The lowest BCUT2D eigenvalue weighted by Crippen LogP contribution is -2.15. The van der Waals surface area contributed by atoms with Gasteiger partial charge in [-0.3, -0.25) is 19.8 Å². The van der Waals surface area contributed by atoms with Gasteiger partial charge in [-0.2, -0.15) is 5.10 Å². The van der Waals surface area contributed by atoms with Gasteiger partial charge in [-0.1, -0.05) is 48.5 Å². The van der Waals surface area contributed by atoms with Crippen LogP contribution < -0.4 is 10.6 Å². The molecule has 180 valence electrons. The molecule has 3 N–H and O–H groups in total. The van der Waals surface area contributed by atoms with Crippen LogP contribution in [0.15, 0.2) is 104 Å². The molecule has 0 aliphatic carbocycles. The van der Waals surface area contributed by atoms with Gasteiger partial charge in [0.05, 0.1) is 11.9 Å². The SMILES string of the molecule is O=C(Nc1nc(CCCCNc2ccccc2)cn1-c1ccccc1)c1cccc(-c2cn[nH]c2)c1. The van der Waals surface area contributed by atoms with Crippen LogP contribution in [0, 0.1) is 0 Å². The lowest BCUT2D eigenvalue weighted by molar-refractivity contribution is 0.102. The molecule has 7 nitrogen and oxygen atoms in total. The van der Waals surface area contributed by atoms with Gasteiger partial charge in [-0.25, -0.2) is 4.98 Å². The molecule has 2 heterocycles. The fourth-order valence-electron chi connectivity index (χ4n) is 4.07. The summed E-state index contributed by atoms with van der Waals surface area (Å²) < 4.78 is 1.94. The average molecular weight is 477 g/mol. The molecule has 7 heteroatoms. The topological polar surface area (TPSA) is 87.6 Å². The fourth-order valence-corrected chi connectivity index (χ4v) is 4.07. The molecule has 5 aromatic rings. The van der Waals surface area contributed by atoms with Crippen LogP contribution in [0.2, 0.25) is 0 Å². The van der Waals surface area contributed by atoms with Gasteiger partial charge < -0.3 is 5.32 Å². The molecule has 0 spiro atoms. The Hall–Kier alpha value is -4.65. The van der Waals surface area contributed by atoms with E-state index in [-0.39, 0.29) is 5.91 Å². The van der Waals surface area contributed by atoms with Crippen LogP contribution in [0.4, 0.5) is 11.6 Å². The van der Waals surface area contributed by atoms with Crippen molar-refractivity contribution in [2.24, 2.45) is 0 Å². The number of hydrogen-bond acceptors (Lipinski definition) is 4. The highest BCUT2D eigenvalue weighted by atomic mass is 16.1. The van der Waals surface area contributed by atoms with Crippen molar-refractivity contribution in [3.05, 3.63) is 115 Å². The minimum atomic E-state index is -0.207. The second-order valence-electron chi connectivity index (χ2n) is 8.53. The zero-order valence-electron chi connectivity index (χ0n) is 19.9. The van der Waals surface area contributed by atoms with E-state index in [1.54, 1.807) is 18.5 Å². The Bertz CT molecular complexity index is 1390. The Morgan fingerprint density at radius 1 is 0.889 bits per heavy atom. The average Bonchev–Trinajstić information content (AvgIpc) is 3.60. The number of carbonyl (C=O) groups is 1. The number of aromatic amines is 1. The maximum Gasteiger partial charge on any atom is 0.258 e. The van der Waals surface area contributed by atoms with Crippen molar-refractivity contribution in [3.63, 3.8) is 0 Å². The fraction of sp³-hybridized carbons (Fsp3) is 0.138. The third kappa shape index (κ3) is 5.70. The Balaban J connectivity index is 1.28. The lowest BCUT2D eigenvalue weighted by Gasteiger charge is -2.09. The molecule has 0 fully saturated rings. The van der Waals surface area contributed by atoms with E-state index < -0.39 is 0 Å². The van der Waals surface area contributed by atoms with Gasteiger partial charge in [0.15, 0.2) is 0 Å². The highest BCUT2D eigenvalue weighted by Crippen LogP contribution is 2.22. The van der Waals surface area contributed by atoms with Crippen molar-refractivity contribution in [1.82, 2.24) is 19.7 Å². The molecule has 0 saturated heterocycles. The molecule has 0 aliphatic rings. The zero-order valence-corrected chi connectivity index (χ0v) is 19.9. The van der Waals surface area contributed by atoms with Crippen LogP contribution in [-0.2, 0) is 6.42 Å². The van der Waals surface area contributed by atoms with Crippen LogP contribution in [0.1, 0.15) is 28.9 Å². The van der Waals surface area contributed by atoms with Crippen molar-refractivity contribution >= 4 is 17.5 Å². The maximum absolute atomic E-state index is 13.2. The Morgan fingerprint density at radius 2 is 1.69 bits per heavy atom. The van der Waals surface area contributed by atoms with E-state index in [9.17, 15) is 4.79 Å². The number of hydrogen-bond donors (Lipinski definition) is 3. The monoisotopic (exact) mass is 476 g/mol. The van der Waals surface area contributed by atoms with Gasteiger partial charge in [0, 0.05) is 41.4 Å². The van der Waals surface area contributed by atoms with Crippen LogP contribution in [0.5, 0.6) is 0 Å². The molecule has 1 amide bonds. The number of anilines is 2. The van der Waals surface area contributed by atoms with E-state index in [1.165, 1.54) is 0 Å². The molecular formula is C29H28N6O. The van der Waals surface area contributed by atoms with E-state index >= 15 is 0 Å². The number of imidazole rings is 1. The van der Waals surface area contributed by atoms with Crippen molar-refractivity contribution < 1.29 is 4.79 Å². The molecule has 5 rings (SSSR count).